The Hall–Kier alpha value is -2.19. The molecule has 0 saturated carbocycles. The maximum atomic E-state index is 14.0. The van der Waals surface area contributed by atoms with Crippen molar-refractivity contribution in [2.75, 3.05) is 32.8 Å². The number of hydrogen-bond donors (Lipinski definition) is 1. The van der Waals surface area contributed by atoms with Crippen molar-refractivity contribution in [1.82, 2.24) is 9.80 Å². The first-order valence-electron chi connectivity index (χ1n) is 12.5. The van der Waals surface area contributed by atoms with Crippen molar-refractivity contribution in [3.8, 4) is 0 Å². The number of likely N-dealkylation sites (tertiary alicyclic amines) is 1. The fraction of sp³-hybridized carbons (Fsp3) is 0.731. The van der Waals surface area contributed by atoms with E-state index in [2.05, 4.69) is 20.1 Å². The van der Waals surface area contributed by atoms with Crippen LogP contribution in [0.3, 0.4) is 0 Å². The van der Waals surface area contributed by atoms with E-state index in [-0.39, 0.29) is 30.9 Å². The molecule has 0 aromatic rings. The van der Waals surface area contributed by atoms with E-state index >= 15 is 0 Å². The minimum absolute atomic E-state index is 0.0103. The highest BCUT2D eigenvalue weighted by molar-refractivity contribution is 5.98. The fourth-order valence-corrected chi connectivity index (χ4v) is 6.21. The van der Waals surface area contributed by atoms with Crippen LogP contribution in [0.4, 0.5) is 0 Å². The van der Waals surface area contributed by atoms with Gasteiger partial charge in [-0.25, -0.2) is 0 Å². The summed E-state index contributed by atoms with van der Waals surface area (Å²) in [5, 5.41) is 9.28. The smallest absolute Gasteiger partial charge is 0.313 e. The highest BCUT2D eigenvalue weighted by atomic mass is 16.6. The number of carbonyl (C=O) groups excluding carboxylic acids is 3. The number of aliphatic hydroxyl groups excluding tert-OH is 1. The second-order valence-electron chi connectivity index (χ2n) is 10.0. The standard InChI is InChI=1S/C26H40N2O6/c1-6-9-13-27(12-7-2)23(31)21-26-17-18(4)25(5,34-26)20(24(32)33-16-8-3)19(26)22(30)28(21)14-10-11-15-29/h7-8,18-21,29H,2-3,6,9-17H2,1,4-5H3/t18?,19-,20+,21?,25-,26?/m0/s1. The van der Waals surface area contributed by atoms with E-state index in [9.17, 15) is 19.5 Å². The number of nitrogens with zero attached hydrogens (tertiary/aromatic N) is 2. The number of ether oxygens (including phenoxy) is 2. The monoisotopic (exact) mass is 476 g/mol. The zero-order valence-electron chi connectivity index (χ0n) is 20.8. The minimum atomic E-state index is -1.08. The van der Waals surface area contributed by atoms with Gasteiger partial charge in [0.2, 0.25) is 11.8 Å². The zero-order chi connectivity index (χ0) is 25.1. The summed E-state index contributed by atoms with van der Waals surface area (Å²) in [6.07, 6.45) is 6.57. The first kappa shape index (κ1) is 26.4. The average Bonchev–Trinajstić information content (AvgIpc) is 3.31. The maximum Gasteiger partial charge on any atom is 0.313 e. The maximum absolute atomic E-state index is 14.0. The van der Waals surface area contributed by atoms with Crippen LogP contribution in [0.5, 0.6) is 0 Å². The van der Waals surface area contributed by atoms with Gasteiger partial charge < -0.3 is 24.4 Å². The van der Waals surface area contributed by atoms with Gasteiger partial charge in [0, 0.05) is 26.2 Å². The van der Waals surface area contributed by atoms with Crippen molar-refractivity contribution in [2.45, 2.75) is 70.1 Å². The molecule has 0 aromatic heterocycles. The number of rotatable bonds is 13. The predicted molar refractivity (Wildman–Crippen MR) is 128 cm³/mol. The van der Waals surface area contributed by atoms with Crippen LogP contribution in [0, 0.1) is 17.8 Å². The zero-order valence-corrected chi connectivity index (χ0v) is 20.8. The molecular weight excluding hydrogens is 436 g/mol. The summed E-state index contributed by atoms with van der Waals surface area (Å²) >= 11 is 0. The first-order valence-corrected chi connectivity index (χ1v) is 12.5. The third-order valence-electron chi connectivity index (χ3n) is 7.90. The van der Waals surface area contributed by atoms with Crippen LogP contribution >= 0.6 is 0 Å². The molecule has 3 aliphatic rings. The average molecular weight is 477 g/mol. The third kappa shape index (κ3) is 4.19. The number of fused-ring (bicyclic) bond motifs is 1. The van der Waals surface area contributed by atoms with Crippen LogP contribution < -0.4 is 0 Å². The molecule has 190 valence electrons. The molecule has 0 aliphatic carbocycles. The van der Waals surface area contributed by atoms with Crippen molar-refractivity contribution in [3.05, 3.63) is 25.3 Å². The quantitative estimate of drug-likeness (QED) is 0.249. The van der Waals surface area contributed by atoms with Crippen LogP contribution in [-0.4, -0.2) is 82.8 Å². The molecule has 8 nitrogen and oxygen atoms in total. The van der Waals surface area contributed by atoms with Crippen LogP contribution in [0.25, 0.3) is 0 Å². The molecule has 3 rings (SSSR count). The Morgan fingerprint density at radius 3 is 2.65 bits per heavy atom. The minimum Gasteiger partial charge on any atom is -0.461 e. The Morgan fingerprint density at radius 2 is 2.03 bits per heavy atom. The highest BCUT2D eigenvalue weighted by Gasteiger charge is 2.80. The normalized spacial score (nSPS) is 33.6. The number of amides is 2. The van der Waals surface area contributed by atoms with Crippen LogP contribution in [0.15, 0.2) is 25.3 Å². The lowest BCUT2D eigenvalue weighted by molar-refractivity contribution is -0.161. The number of hydrogen-bond acceptors (Lipinski definition) is 6. The van der Waals surface area contributed by atoms with Gasteiger partial charge in [0.15, 0.2) is 0 Å². The second kappa shape index (κ2) is 10.6. The van der Waals surface area contributed by atoms with E-state index in [4.69, 9.17) is 9.47 Å². The van der Waals surface area contributed by atoms with E-state index in [1.54, 1.807) is 15.9 Å². The molecule has 0 radical (unpaired) electrons. The van der Waals surface area contributed by atoms with Gasteiger partial charge in [-0.15, -0.1) is 6.58 Å². The second-order valence-corrected chi connectivity index (χ2v) is 10.0. The molecule has 3 saturated heterocycles. The summed E-state index contributed by atoms with van der Waals surface area (Å²) in [7, 11) is 0. The number of carbonyl (C=O) groups is 3. The molecule has 3 aliphatic heterocycles. The fourth-order valence-electron chi connectivity index (χ4n) is 6.21. The lowest BCUT2D eigenvalue weighted by Crippen LogP contribution is -2.56. The highest BCUT2D eigenvalue weighted by Crippen LogP contribution is 2.65. The van der Waals surface area contributed by atoms with E-state index in [0.29, 0.717) is 38.9 Å². The number of aliphatic hydroxyl groups is 1. The lowest BCUT2D eigenvalue weighted by Gasteiger charge is -2.37. The van der Waals surface area contributed by atoms with Crippen LogP contribution in [0.1, 0.15) is 52.9 Å². The molecule has 0 aromatic carbocycles. The van der Waals surface area contributed by atoms with Gasteiger partial charge in [0.05, 0.1) is 11.5 Å². The Kier molecular flexibility index (Phi) is 8.24. The molecule has 1 N–H and O–H groups in total. The van der Waals surface area contributed by atoms with Gasteiger partial charge >= 0.3 is 5.97 Å². The number of esters is 1. The van der Waals surface area contributed by atoms with E-state index in [1.807, 2.05) is 13.8 Å². The lowest BCUT2D eigenvalue weighted by atomic mass is 9.62. The summed E-state index contributed by atoms with van der Waals surface area (Å²) in [6, 6.07) is -0.818. The van der Waals surface area contributed by atoms with Crippen molar-refractivity contribution >= 4 is 17.8 Å². The van der Waals surface area contributed by atoms with Crippen molar-refractivity contribution in [2.24, 2.45) is 17.8 Å². The molecule has 8 heteroatoms. The molecule has 3 heterocycles. The summed E-state index contributed by atoms with van der Waals surface area (Å²) < 4.78 is 12.1. The van der Waals surface area contributed by atoms with Gasteiger partial charge in [-0.1, -0.05) is 39.0 Å². The topological polar surface area (TPSA) is 96.4 Å². The molecule has 3 fully saturated rings. The number of unbranched alkanes of at least 4 members (excludes halogenated alkanes) is 2. The van der Waals surface area contributed by atoms with Gasteiger partial charge in [0.1, 0.15) is 24.2 Å². The summed E-state index contributed by atoms with van der Waals surface area (Å²) in [5.41, 5.74) is -1.97. The van der Waals surface area contributed by atoms with E-state index < -0.39 is 35.0 Å². The Labute approximate surface area is 202 Å². The Bertz CT molecular complexity index is 815. The van der Waals surface area contributed by atoms with Crippen LogP contribution in [0.2, 0.25) is 0 Å². The molecule has 6 atom stereocenters. The van der Waals surface area contributed by atoms with Crippen LogP contribution in [-0.2, 0) is 23.9 Å². The van der Waals surface area contributed by atoms with E-state index in [1.165, 1.54) is 6.08 Å². The molecule has 3 unspecified atom stereocenters. The largest absolute Gasteiger partial charge is 0.461 e. The van der Waals surface area contributed by atoms with E-state index in [0.717, 1.165) is 12.8 Å². The molecule has 2 amide bonds. The molecule has 1 spiro atoms. The Balaban J connectivity index is 2.05. The van der Waals surface area contributed by atoms with Gasteiger partial charge in [-0.3, -0.25) is 14.4 Å². The summed E-state index contributed by atoms with van der Waals surface area (Å²) in [5.74, 6) is -2.47. The van der Waals surface area contributed by atoms with Gasteiger partial charge in [0.25, 0.3) is 0 Å². The van der Waals surface area contributed by atoms with Crippen molar-refractivity contribution < 1.29 is 29.0 Å². The van der Waals surface area contributed by atoms with Gasteiger partial charge in [-0.2, -0.15) is 0 Å². The van der Waals surface area contributed by atoms with Gasteiger partial charge in [-0.05, 0) is 38.5 Å². The predicted octanol–water partition coefficient (Wildman–Crippen LogP) is 2.31. The third-order valence-corrected chi connectivity index (χ3v) is 7.90. The molecule has 34 heavy (non-hydrogen) atoms. The Morgan fingerprint density at radius 1 is 1.29 bits per heavy atom. The first-order chi connectivity index (χ1) is 16.2. The molecule has 2 bridgehead atoms. The molecular formula is C26H40N2O6. The van der Waals surface area contributed by atoms with Crippen molar-refractivity contribution in [1.29, 1.82) is 0 Å². The SMILES string of the molecule is C=CCOC(=O)[C@H]1[C@H]2C(=O)N(CCCCO)C(C(=O)N(CC=C)CCCC)C23CC(C)[C@]1(C)O3. The summed E-state index contributed by atoms with van der Waals surface area (Å²) in [4.78, 5) is 44.5. The van der Waals surface area contributed by atoms with Crippen molar-refractivity contribution in [3.63, 3.8) is 0 Å². The summed E-state index contributed by atoms with van der Waals surface area (Å²) in [6.45, 7) is 14.7.